The van der Waals surface area contributed by atoms with Gasteiger partial charge in [-0.2, -0.15) is 11.3 Å². The average molecular weight is 284 g/mol. The molecule has 0 radical (unpaired) electrons. The fraction of sp³-hybridized carbons (Fsp3) is 0.417. The lowest BCUT2D eigenvalue weighted by Gasteiger charge is -2.09. The van der Waals surface area contributed by atoms with Gasteiger partial charge in [-0.25, -0.2) is 0 Å². The fourth-order valence-electron chi connectivity index (χ4n) is 1.32. The number of amides is 2. The summed E-state index contributed by atoms with van der Waals surface area (Å²) < 4.78 is 0. The maximum Gasteiger partial charge on any atom is 0.325 e. The number of aliphatic carboxylic acids is 1. The van der Waals surface area contributed by atoms with Gasteiger partial charge in [0.2, 0.25) is 5.91 Å². The second-order valence-corrected chi connectivity index (χ2v) is 4.78. The average Bonchev–Trinajstić information content (AvgIpc) is 2.88. The number of hydrogen-bond donors (Lipinski definition) is 3. The molecule has 0 bridgehead atoms. The molecule has 1 atom stereocenters. The lowest BCUT2D eigenvalue weighted by molar-refractivity contribution is -0.141. The number of hydrogen-bond acceptors (Lipinski definition) is 4. The predicted octanol–water partition coefficient (Wildman–Crippen LogP) is 0.847. The van der Waals surface area contributed by atoms with Gasteiger partial charge in [-0.05, 0) is 24.8 Å². The minimum atomic E-state index is -1.07. The summed E-state index contributed by atoms with van der Waals surface area (Å²) >= 11 is 1.44. The van der Waals surface area contributed by atoms with Crippen LogP contribution in [0.5, 0.6) is 0 Å². The van der Waals surface area contributed by atoms with Crippen molar-refractivity contribution in [2.45, 2.75) is 25.8 Å². The smallest absolute Gasteiger partial charge is 0.325 e. The van der Waals surface area contributed by atoms with Gasteiger partial charge in [0.15, 0.2) is 0 Å². The summed E-state index contributed by atoms with van der Waals surface area (Å²) in [6, 6.07) is 0.828. The highest BCUT2D eigenvalue weighted by Crippen LogP contribution is 2.05. The van der Waals surface area contributed by atoms with E-state index >= 15 is 0 Å². The van der Waals surface area contributed by atoms with Gasteiger partial charge in [0.1, 0.15) is 6.04 Å². The summed E-state index contributed by atoms with van der Waals surface area (Å²) in [5, 5.41) is 17.2. The standard InChI is InChI=1S/C12H16N2O4S/c1-8(12(17)18)14-10(15)3-2-5-13-11(16)9-4-6-19-7-9/h4,6-8H,2-3,5H2,1H3,(H,13,16)(H,14,15)(H,17,18)/t8-/m1/s1. The summed E-state index contributed by atoms with van der Waals surface area (Å²) in [7, 11) is 0. The van der Waals surface area contributed by atoms with Crippen LogP contribution in [0.15, 0.2) is 16.8 Å². The maximum absolute atomic E-state index is 11.5. The van der Waals surface area contributed by atoms with Gasteiger partial charge in [0.25, 0.3) is 5.91 Å². The normalized spacial score (nSPS) is 11.6. The molecule has 104 valence electrons. The minimum Gasteiger partial charge on any atom is -0.480 e. The Bertz CT molecular complexity index is 445. The van der Waals surface area contributed by atoms with E-state index in [-0.39, 0.29) is 18.2 Å². The van der Waals surface area contributed by atoms with Gasteiger partial charge in [0.05, 0.1) is 0 Å². The Labute approximate surface area is 114 Å². The monoisotopic (exact) mass is 284 g/mol. The first-order valence-electron chi connectivity index (χ1n) is 5.83. The van der Waals surface area contributed by atoms with Crippen molar-refractivity contribution in [1.82, 2.24) is 10.6 Å². The molecule has 19 heavy (non-hydrogen) atoms. The van der Waals surface area contributed by atoms with Crippen LogP contribution in [-0.2, 0) is 9.59 Å². The summed E-state index contributed by atoms with van der Waals surface area (Å²) in [5.41, 5.74) is 0.606. The maximum atomic E-state index is 11.5. The third kappa shape index (κ3) is 5.52. The van der Waals surface area contributed by atoms with Gasteiger partial charge in [-0.1, -0.05) is 0 Å². The van der Waals surface area contributed by atoms with E-state index in [9.17, 15) is 14.4 Å². The molecule has 7 heteroatoms. The van der Waals surface area contributed by atoms with Gasteiger partial charge in [0, 0.05) is 23.9 Å². The molecule has 1 aromatic rings. The van der Waals surface area contributed by atoms with Crippen LogP contribution in [0.25, 0.3) is 0 Å². The number of carbonyl (C=O) groups excluding carboxylic acids is 2. The lowest BCUT2D eigenvalue weighted by atomic mass is 10.2. The molecule has 0 saturated heterocycles. The topological polar surface area (TPSA) is 95.5 Å². The number of thiophene rings is 1. The van der Waals surface area contributed by atoms with Crippen LogP contribution >= 0.6 is 11.3 Å². The quantitative estimate of drug-likeness (QED) is 0.647. The van der Waals surface area contributed by atoms with Crippen LogP contribution in [0.2, 0.25) is 0 Å². The first-order valence-corrected chi connectivity index (χ1v) is 6.77. The van der Waals surface area contributed by atoms with Crippen molar-refractivity contribution in [3.8, 4) is 0 Å². The van der Waals surface area contributed by atoms with E-state index in [2.05, 4.69) is 10.6 Å². The van der Waals surface area contributed by atoms with Crippen LogP contribution < -0.4 is 10.6 Å². The highest BCUT2D eigenvalue weighted by Gasteiger charge is 2.13. The molecule has 6 nitrogen and oxygen atoms in total. The Hall–Kier alpha value is -1.89. The Morgan fingerprint density at radius 3 is 2.74 bits per heavy atom. The van der Waals surface area contributed by atoms with E-state index in [1.807, 2.05) is 5.38 Å². The second-order valence-electron chi connectivity index (χ2n) is 4.00. The summed E-state index contributed by atoms with van der Waals surface area (Å²) in [6.07, 6.45) is 0.648. The zero-order valence-electron chi connectivity index (χ0n) is 10.5. The van der Waals surface area contributed by atoms with Crippen molar-refractivity contribution in [2.75, 3.05) is 6.54 Å². The second kappa shape index (κ2) is 7.52. The third-order valence-corrected chi connectivity index (χ3v) is 3.08. The third-order valence-electron chi connectivity index (χ3n) is 2.40. The molecule has 0 fully saturated rings. The molecule has 0 unspecified atom stereocenters. The molecule has 3 N–H and O–H groups in total. The molecule has 1 aromatic heterocycles. The van der Waals surface area contributed by atoms with E-state index in [0.717, 1.165) is 0 Å². The number of nitrogens with one attached hydrogen (secondary N) is 2. The molecular weight excluding hydrogens is 268 g/mol. The SMILES string of the molecule is C[C@@H](NC(=O)CCCNC(=O)c1ccsc1)C(=O)O. The van der Waals surface area contributed by atoms with Crippen molar-refractivity contribution in [3.05, 3.63) is 22.4 Å². The van der Waals surface area contributed by atoms with Crippen LogP contribution in [-0.4, -0.2) is 35.5 Å². The van der Waals surface area contributed by atoms with E-state index in [0.29, 0.717) is 18.5 Å². The molecule has 0 spiro atoms. The summed E-state index contributed by atoms with van der Waals surface area (Å²) in [4.78, 5) is 33.4. The fourth-order valence-corrected chi connectivity index (χ4v) is 1.96. The highest BCUT2D eigenvalue weighted by molar-refractivity contribution is 7.08. The van der Waals surface area contributed by atoms with Gasteiger partial charge >= 0.3 is 5.97 Å². The largest absolute Gasteiger partial charge is 0.480 e. The van der Waals surface area contributed by atoms with Crippen molar-refractivity contribution < 1.29 is 19.5 Å². The zero-order valence-corrected chi connectivity index (χ0v) is 11.3. The van der Waals surface area contributed by atoms with Crippen LogP contribution in [0.1, 0.15) is 30.1 Å². The van der Waals surface area contributed by atoms with Crippen molar-refractivity contribution in [2.24, 2.45) is 0 Å². The molecule has 1 rings (SSSR count). The minimum absolute atomic E-state index is 0.166. The van der Waals surface area contributed by atoms with Crippen molar-refractivity contribution in [1.29, 1.82) is 0 Å². The molecule has 0 aromatic carbocycles. The van der Waals surface area contributed by atoms with E-state index in [1.54, 1.807) is 11.4 Å². The molecule has 0 aliphatic carbocycles. The van der Waals surface area contributed by atoms with E-state index in [4.69, 9.17) is 5.11 Å². The molecule has 0 saturated carbocycles. The Kier molecular flexibility index (Phi) is 6.01. The first kappa shape index (κ1) is 15.2. The van der Waals surface area contributed by atoms with Crippen LogP contribution in [0, 0.1) is 0 Å². The lowest BCUT2D eigenvalue weighted by Crippen LogP contribution is -2.38. The first-order chi connectivity index (χ1) is 9.00. The predicted molar refractivity (Wildman–Crippen MR) is 71.1 cm³/mol. The number of carboxylic acids is 1. The molecule has 1 heterocycles. The molecule has 0 aliphatic heterocycles. The van der Waals surface area contributed by atoms with Crippen molar-refractivity contribution in [3.63, 3.8) is 0 Å². The Morgan fingerprint density at radius 1 is 1.42 bits per heavy atom. The summed E-state index contributed by atoms with van der Waals surface area (Å²) in [6.45, 7) is 1.78. The summed E-state index contributed by atoms with van der Waals surface area (Å²) in [5.74, 6) is -1.57. The number of carboxylic acid groups (broad SMARTS) is 1. The van der Waals surface area contributed by atoms with Crippen LogP contribution in [0.3, 0.4) is 0 Å². The van der Waals surface area contributed by atoms with Gasteiger partial charge < -0.3 is 15.7 Å². The molecule has 0 aliphatic rings. The number of rotatable bonds is 7. The van der Waals surface area contributed by atoms with Crippen LogP contribution in [0.4, 0.5) is 0 Å². The van der Waals surface area contributed by atoms with Gasteiger partial charge in [-0.15, -0.1) is 0 Å². The highest BCUT2D eigenvalue weighted by atomic mass is 32.1. The van der Waals surface area contributed by atoms with Crippen molar-refractivity contribution >= 4 is 29.1 Å². The number of carbonyl (C=O) groups is 3. The van der Waals surface area contributed by atoms with Gasteiger partial charge in [-0.3, -0.25) is 14.4 Å². The van der Waals surface area contributed by atoms with E-state index < -0.39 is 12.0 Å². The Morgan fingerprint density at radius 2 is 2.16 bits per heavy atom. The molecule has 2 amide bonds. The zero-order chi connectivity index (χ0) is 14.3. The Balaban J connectivity index is 2.15. The molecular formula is C12H16N2O4S. The van der Waals surface area contributed by atoms with E-state index in [1.165, 1.54) is 18.3 Å².